The van der Waals surface area contributed by atoms with Crippen LogP contribution in [0.15, 0.2) is 59.7 Å². The summed E-state index contributed by atoms with van der Waals surface area (Å²) in [5.41, 5.74) is 9.76. The van der Waals surface area contributed by atoms with Crippen LogP contribution < -0.4 is 0 Å². The molecule has 108 valence electrons. The van der Waals surface area contributed by atoms with Gasteiger partial charge in [-0.3, -0.25) is 0 Å². The van der Waals surface area contributed by atoms with Gasteiger partial charge in [0.25, 0.3) is 0 Å². The van der Waals surface area contributed by atoms with Gasteiger partial charge in [0.2, 0.25) is 0 Å². The van der Waals surface area contributed by atoms with Gasteiger partial charge in [-0.15, -0.1) is 0 Å². The summed E-state index contributed by atoms with van der Waals surface area (Å²) >= 11 is -0.589. The molecule has 0 nitrogen and oxygen atoms in total. The Labute approximate surface area is 146 Å². The minimum absolute atomic E-state index is 0. The van der Waals surface area contributed by atoms with Crippen molar-refractivity contribution >= 4 is 12.2 Å². The molecule has 1 heteroatoms. The van der Waals surface area contributed by atoms with Crippen LogP contribution in [0.2, 0.25) is 0 Å². The minimum Gasteiger partial charge on any atom is -1.00 e. The maximum atomic E-state index is 2.50. The molecule has 0 aromatic heterocycles. The van der Waals surface area contributed by atoms with Crippen LogP contribution in [-0.4, -0.2) is 0 Å². The summed E-state index contributed by atoms with van der Waals surface area (Å²) < 4.78 is 1.53. The molecule has 2 unspecified atom stereocenters. The van der Waals surface area contributed by atoms with Crippen molar-refractivity contribution < 1.29 is 26.1 Å². The second-order valence-corrected chi connectivity index (χ2v) is 10.8. The molecule has 1 fully saturated rings. The maximum absolute atomic E-state index is 2.50. The minimum atomic E-state index is -0.589. The van der Waals surface area contributed by atoms with Gasteiger partial charge >= 0.3 is 144 Å². The van der Waals surface area contributed by atoms with Crippen LogP contribution >= 0.6 is 0 Å². The Morgan fingerprint density at radius 2 is 1.23 bits per heavy atom. The Morgan fingerprint density at radius 3 is 1.73 bits per heavy atom. The van der Waals surface area contributed by atoms with Gasteiger partial charge in [0.05, 0.1) is 0 Å². The molecule has 2 aromatic carbocycles. The summed E-state index contributed by atoms with van der Waals surface area (Å²) in [6.45, 7) is 4.89. The standard InChI is InChI=1S/C21H18.Zr.2H/c1-21(2,19-11-15-7-3-4-8-16(15)12-19)20-13-17-9-5-6-10-18(17)14-20;;;/h3-14H,1-2H3;;;/q;+2;2*-1. The number of rotatable bonds is 0. The van der Waals surface area contributed by atoms with E-state index in [4.69, 9.17) is 0 Å². The third kappa shape index (κ3) is 1.61. The van der Waals surface area contributed by atoms with E-state index in [1.54, 1.807) is 22.3 Å². The number of benzene rings is 2. The molecule has 3 aliphatic rings. The van der Waals surface area contributed by atoms with Crippen LogP contribution in [0.1, 0.15) is 46.2 Å². The topological polar surface area (TPSA) is 0 Å². The van der Waals surface area contributed by atoms with Gasteiger partial charge in [0.15, 0.2) is 0 Å². The van der Waals surface area contributed by atoms with Crippen molar-refractivity contribution in [3.8, 4) is 0 Å². The number of hydrogen-bond donors (Lipinski definition) is 0. The van der Waals surface area contributed by atoms with Crippen LogP contribution in [0.25, 0.3) is 12.2 Å². The van der Waals surface area contributed by atoms with Crippen molar-refractivity contribution in [2.75, 3.05) is 0 Å². The SMILES string of the molecule is CC1(C)C2=Cc3ccccc3[CH]2[Zr+2][CH]2C1=Cc1ccccc12.[H-].[H-]. The van der Waals surface area contributed by atoms with Crippen LogP contribution in [0.5, 0.6) is 0 Å². The first-order valence-corrected chi connectivity index (χ1v) is 10.9. The third-order valence-electron chi connectivity index (χ3n) is 5.63. The molecular formula is C21H20Zr. The first-order chi connectivity index (χ1) is 10.7. The predicted octanol–water partition coefficient (Wildman–Crippen LogP) is 5.61. The number of fused-ring (bicyclic) bond motifs is 6. The fraction of sp³-hybridized carbons (Fsp3) is 0.238. The van der Waals surface area contributed by atoms with Crippen molar-refractivity contribution in [2.45, 2.75) is 21.1 Å². The first kappa shape index (κ1) is 13.3. The smallest absolute Gasteiger partial charge is 1.00 e. The summed E-state index contributed by atoms with van der Waals surface area (Å²) in [6.07, 6.45) is 5.00. The average molecular weight is 364 g/mol. The second-order valence-electron chi connectivity index (χ2n) is 7.11. The molecule has 0 saturated carbocycles. The Morgan fingerprint density at radius 1 is 0.773 bits per heavy atom. The zero-order chi connectivity index (χ0) is 14.9. The van der Waals surface area contributed by atoms with E-state index in [2.05, 4.69) is 74.5 Å². The van der Waals surface area contributed by atoms with E-state index in [0.717, 1.165) is 7.25 Å². The largest absolute Gasteiger partial charge is 1.00 e. The Balaban J connectivity index is 0.000000845. The molecule has 2 aromatic rings. The molecule has 1 heterocycles. The van der Waals surface area contributed by atoms with Crippen LogP contribution in [0.4, 0.5) is 0 Å². The van der Waals surface area contributed by atoms with E-state index in [9.17, 15) is 0 Å². The molecule has 1 aliphatic heterocycles. The van der Waals surface area contributed by atoms with Crippen LogP contribution in [0, 0.1) is 5.41 Å². The molecule has 0 amide bonds. The van der Waals surface area contributed by atoms with E-state index in [1.165, 1.54) is 11.1 Å². The van der Waals surface area contributed by atoms with Gasteiger partial charge in [0.1, 0.15) is 0 Å². The first-order valence-electron chi connectivity index (χ1n) is 8.04. The van der Waals surface area contributed by atoms with Gasteiger partial charge in [-0.05, 0) is 0 Å². The van der Waals surface area contributed by atoms with Gasteiger partial charge in [-0.1, -0.05) is 0 Å². The van der Waals surface area contributed by atoms with Crippen molar-refractivity contribution in [3.63, 3.8) is 0 Å². The zero-order valence-electron chi connectivity index (χ0n) is 14.9. The average Bonchev–Trinajstić information content (AvgIpc) is 3.08. The molecule has 1 saturated heterocycles. The molecule has 22 heavy (non-hydrogen) atoms. The summed E-state index contributed by atoms with van der Waals surface area (Å²) in [5.74, 6) is 0. The predicted molar refractivity (Wildman–Crippen MR) is 90.3 cm³/mol. The molecule has 0 N–H and O–H groups in total. The summed E-state index contributed by atoms with van der Waals surface area (Å²) in [4.78, 5) is 0. The second kappa shape index (κ2) is 4.42. The van der Waals surface area contributed by atoms with Crippen molar-refractivity contribution in [3.05, 3.63) is 81.9 Å². The number of allylic oxidation sites excluding steroid dienone is 2. The molecule has 0 spiro atoms. The van der Waals surface area contributed by atoms with Crippen molar-refractivity contribution in [1.82, 2.24) is 0 Å². The maximum Gasteiger partial charge on any atom is -1.00 e. The van der Waals surface area contributed by atoms with Crippen LogP contribution in [-0.2, 0) is 23.2 Å². The molecule has 2 atom stereocenters. The van der Waals surface area contributed by atoms with Crippen LogP contribution in [0.3, 0.4) is 0 Å². The monoisotopic (exact) mass is 362 g/mol. The Hall–Kier alpha value is -1.20. The quantitative estimate of drug-likeness (QED) is 0.570. The summed E-state index contributed by atoms with van der Waals surface area (Å²) in [5, 5.41) is 0. The Kier molecular flexibility index (Phi) is 2.66. The van der Waals surface area contributed by atoms with E-state index in [1.807, 2.05) is 0 Å². The van der Waals surface area contributed by atoms with Gasteiger partial charge in [-0.25, -0.2) is 0 Å². The van der Waals surface area contributed by atoms with Gasteiger partial charge in [0, 0.05) is 0 Å². The third-order valence-corrected chi connectivity index (χ3v) is 10.3. The van der Waals surface area contributed by atoms with E-state index >= 15 is 0 Å². The Bertz CT molecular complexity index is 794. The molecule has 0 radical (unpaired) electrons. The van der Waals surface area contributed by atoms with Gasteiger partial charge in [-0.2, -0.15) is 0 Å². The normalized spacial score (nSPS) is 25.7. The fourth-order valence-electron chi connectivity index (χ4n) is 4.42. The molecule has 2 aliphatic carbocycles. The molecule has 5 rings (SSSR count). The van der Waals surface area contributed by atoms with E-state index in [-0.39, 0.29) is 8.27 Å². The molecule has 0 bridgehead atoms. The number of hydrogen-bond acceptors (Lipinski definition) is 0. The fourth-order valence-corrected chi connectivity index (χ4v) is 10.5. The van der Waals surface area contributed by atoms with E-state index < -0.39 is 23.2 Å². The van der Waals surface area contributed by atoms with E-state index in [0.29, 0.717) is 0 Å². The zero-order valence-corrected chi connectivity index (χ0v) is 15.4. The molecular weight excluding hydrogens is 343 g/mol. The van der Waals surface area contributed by atoms with Crippen molar-refractivity contribution in [1.29, 1.82) is 0 Å². The summed E-state index contributed by atoms with van der Waals surface area (Å²) in [7, 11) is 0. The summed E-state index contributed by atoms with van der Waals surface area (Å²) in [6, 6.07) is 18.1. The van der Waals surface area contributed by atoms with Crippen molar-refractivity contribution in [2.24, 2.45) is 5.41 Å². The van der Waals surface area contributed by atoms with Gasteiger partial charge < -0.3 is 2.85 Å².